The SMILES string of the molecule is CCc1csc(C2CCCN(C(=O)c3nnn(C4CCNCC4)c3C)C2)n1.Cl.Cl. The highest BCUT2D eigenvalue weighted by atomic mass is 35.5. The summed E-state index contributed by atoms with van der Waals surface area (Å²) in [5, 5.41) is 15.3. The molecule has 0 bridgehead atoms. The van der Waals surface area contributed by atoms with E-state index in [4.69, 9.17) is 4.98 Å². The average molecular weight is 461 g/mol. The molecule has 1 amide bonds. The molecule has 2 aromatic heterocycles. The lowest BCUT2D eigenvalue weighted by Gasteiger charge is -2.31. The Morgan fingerprint density at radius 1 is 1.28 bits per heavy atom. The number of amides is 1. The number of hydrogen-bond acceptors (Lipinski definition) is 6. The van der Waals surface area contributed by atoms with Gasteiger partial charge in [-0.1, -0.05) is 12.1 Å². The van der Waals surface area contributed by atoms with E-state index in [-0.39, 0.29) is 30.7 Å². The molecule has 1 N–H and O–H groups in total. The molecule has 162 valence electrons. The Morgan fingerprint density at radius 2 is 2.03 bits per heavy atom. The monoisotopic (exact) mass is 460 g/mol. The smallest absolute Gasteiger partial charge is 0.276 e. The Bertz CT molecular complexity index is 804. The Kier molecular flexibility index (Phi) is 8.88. The number of nitrogens with one attached hydrogen (secondary N) is 1. The lowest BCUT2D eigenvalue weighted by Crippen LogP contribution is -2.39. The highest BCUT2D eigenvalue weighted by Gasteiger charge is 2.30. The third-order valence-electron chi connectivity index (χ3n) is 5.77. The molecule has 2 fully saturated rings. The minimum atomic E-state index is 0. The van der Waals surface area contributed by atoms with E-state index in [0.717, 1.165) is 69.7 Å². The minimum absolute atomic E-state index is 0. The highest BCUT2D eigenvalue weighted by Crippen LogP contribution is 2.30. The standard InChI is InChI=1S/C19H28N6OS.2ClH/c1-3-15-12-27-18(21-15)14-5-4-10-24(11-14)19(26)17-13(2)25(23-22-17)16-6-8-20-9-7-16;;/h12,14,16,20H,3-11H2,1-2H3;2*1H. The molecule has 1 atom stereocenters. The van der Waals surface area contributed by atoms with Gasteiger partial charge in [0.25, 0.3) is 5.91 Å². The van der Waals surface area contributed by atoms with E-state index in [1.54, 1.807) is 11.3 Å². The van der Waals surface area contributed by atoms with Crippen LogP contribution in [0, 0.1) is 6.92 Å². The van der Waals surface area contributed by atoms with Crippen LogP contribution in [0.3, 0.4) is 0 Å². The molecule has 7 nitrogen and oxygen atoms in total. The van der Waals surface area contributed by atoms with Crippen LogP contribution in [0.1, 0.15) is 71.5 Å². The Labute approximate surface area is 188 Å². The number of piperidine rings is 2. The van der Waals surface area contributed by atoms with Gasteiger partial charge in [-0.15, -0.1) is 41.2 Å². The van der Waals surface area contributed by atoms with E-state index in [1.807, 2.05) is 16.5 Å². The summed E-state index contributed by atoms with van der Waals surface area (Å²) in [6.45, 7) is 7.62. The average Bonchev–Trinajstić information content (AvgIpc) is 3.35. The molecular formula is C19H30Cl2N6OS. The van der Waals surface area contributed by atoms with Crippen molar-refractivity contribution in [1.82, 2.24) is 30.2 Å². The summed E-state index contributed by atoms with van der Waals surface area (Å²) < 4.78 is 1.96. The number of halogens is 2. The van der Waals surface area contributed by atoms with Crippen LogP contribution in [0.15, 0.2) is 5.38 Å². The molecule has 4 heterocycles. The van der Waals surface area contributed by atoms with Crippen LogP contribution in [0.4, 0.5) is 0 Å². The summed E-state index contributed by atoms with van der Waals surface area (Å²) in [4.78, 5) is 19.8. The van der Waals surface area contributed by atoms with Gasteiger partial charge in [0.05, 0.1) is 22.4 Å². The van der Waals surface area contributed by atoms with Crippen LogP contribution in [0.2, 0.25) is 0 Å². The molecule has 2 aromatic rings. The summed E-state index contributed by atoms with van der Waals surface area (Å²) >= 11 is 1.73. The number of aromatic nitrogens is 4. The maximum atomic E-state index is 13.1. The number of aryl methyl sites for hydroxylation is 1. The number of likely N-dealkylation sites (tertiary alicyclic amines) is 1. The van der Waals surface area contributed by atoms with E-state index >= 15 is 0 Å². The second-order valence-corrected chi connectivity index (χ2v) is 8.46. The number of nitrogens with zero attached hydrogens (tertiary/aromatic N) is 5. The first-order valence-electron chi connectivity index (χ1n) is 10.0. The van der Waals surface area contributed by atoms with Gasteiger partial charge < -0.3 is 10.2 Å². The quantitative estimate of drug-likeness (QED) is 0.756. The zero-order chi connectivity index (χ0) is 18.8. The fraction of sp³-hybridized carbons (Fsp3) is 0.684. The minimum Gasteiger partial charge on any atom is -0.336 e. The third-order valence-corrected chi connectivity index (χ3v) is 6.83. The van der Waals surface area contributed by atoms with Crippen molar-refractivity contribution in [3.05, 3.63) is 27.5 Å². The van der Waals surface area contributed by atoms with Crippen LogP contribution >= 0.6 is 36.2 Å². The van der Waals surface area contributed by atoms with E-state index < -0.39 is 0 Å². The van der Waals surface area contributed by atoms with Gasteiger partial charge in [-0.3, -0.25) is 4.79 Å². The van der Waals surface area contributed by atoms with E-state index in [2.05, 4.69) is 27.9 Å². The lowest BCUT2D eigenvalue weighted by molar-refractivity contribution is 0.0700. The lowest BCUT2D eigenvalue weighted by atomic mass is 9.98. The topological polar surface area (TPSA) is 75.9 Å². The summed E-state index contributed by atoms with van der Waals surface area (Å²) in [7, 11) is 0. The first-order valence-corrected chi connectivity index (χ1v) is 10.9. The molecule has 0 aliphatic carbocycles. The van der Waals surface area contributed by atoms with Crippen molar-refractivity contribution >= 4 is 42.1 Å². The third kappa shape index (κ3) is 5.10. The van der Waals surface area contributed by atoms with Gasteiger partial charge in [0, 0.05) is 24.4 Å². The van der Waals surface area contributed by atoms with Crippen molar-refractivity contribution in [2.24, 2.45) is 0 Å². The fourth-order valence-corrected chi connectivity index (χ4v) is 5.15. The van der Waals surface area contributed by atoms with Gasteiger partial charge in [0.15, 0.2) is 5.69 Å². The second-order valence-electron chi connectivity index (χ2n) is 7.57. The molecule has 0 spiro atoms. The summed E-state index contributed by atoms with van der Waals surface area (Å²) in [5.41, 5.74) is 2.57. The number of carbonyl (C=O) groups is 1. The van der Waals surface area contributed by atoms with Gasteiger partial charge in [0.2, 0.25) is 0 Å². The number of thiazole rings is 1. The first-order chi connectivity index (χ1) is 13.2. The van der Waals surface area contributed by atoms with Crippen LogP contribution in [0.5, 0.6) is 0 Å². The van der Waals surface area contributed by atoms with Crippen molar-refractivity contribution in [2.45, 2.75) is 57.9 Å². The maximum Gasteiger partial charge on any atom is 0.276 e. The Hall–Kier alpha value is -1.22. The Balaban J connectivity index is 0.00000150. The van der Waals surface area contributed by atoms with Gasteiger partial charge >= 0.3 is 0 Å². The molecule has 29 heavy (non-hydrogen) atoms. The van der Waals surface area contributed by atoms with E-state index in [1.165, 1.54) is 5.01 Å². The van der Waals surface area contributed by atoms with Crippen molar-refractivity contribution in [3.63, 3.8) is 0 Å². The zero-order valence-electron chi connectivity index (χ0n) is 17.0. The van der Waals surface area contributed by atoms with Gasteiger partial charge in [-0.2, -0.15) is 0 Å². The van der Waals surface area contributed by atoms with Crippen molar-refractivity contribution in [1.29, 1.82) is 0 Å². The van der Waals surface area contributed by atoms with Crippen LogP contribution in [-0.2, 0) is 6.42 Å². The number of rotatable bonds is 4. The summed E-state index contributed by atoms with van der Waals surface area (Å²) in [6.07, 6.45) is 5.14. The molecule has 0 aromatic carbocycles. The van der Waals surface area contributed by atoms with Gasteiger partial charge in [-0.05, 0) is 52.1 Å². The fourth-order valence-electron chi connectivity index (χ4n) is 4.12. The molecular weight excluding hydrogens is 431 g/mol. The van der Waals surface area contributed by atoms with E-state index in [9.17, 15) is 4.79 Å². The molecule has 1 unspecified atom stereocenters. The predicted octanol–water partition coefficient (Wildman–Crippen LogP) is 3.39. The molecule has 10 heteroatoms. The molecule has 2 saturated heterocycles. The largest absolute Gasteiger partial charge is 0.336 e. The van der Waals surface area contributed by atoms with Crippen LogP contribution < -0.4 is 5.32 Å². The predicted molar refractivity (Wildman–Crippen MR) is 120 cm³/mol. The van der Waals surface area contributed by atoms with Gasteiger partial charge in [0.1, 0.15) is 0 Å². The van der Waals surface area contributed by atoms with Gasteiger partial charge in [-0.25, -0.2) is 9.67 Å². The molecule has 2 aliphatic heterocycles. The molecule has 0 saturated carbocycles. The maximum absolute atomic E-state index is 13.1. The molecule has 4 rings (SSSR count). The molecule has 2 aliphatic rings. The summed E-state index contributed by atoms with van der Waals surface area (Å²) in [6, 6.07) is 0.345. The first kappa shape index (κ1) is 24.1. The summed E-state index contributed by atoms with van der Waals surface area (Å²) in [5.74, 6) is 0.359. The highest BCUT2D eigenvalue weighted by molar-refractivity contribution is 7.09. The van der Waals surface area contributed by atoms with Crippen molar-refractivity contribution in [2.75, 3.05) is 26.2 Å². The molecule has 0 radical (unpaired) electrons. The van der Waals surface area contributed by atoms with Crippen LogP contribution in [-0.4, -0.2) is 57.0 Å². The zero-order valence-corrected chi connectivity index (χ0v) is 19.4. The van der Waals surface area contributed by atoms with Crippen molar-refractivity contribution < 1.29 is 4.79 Å². The number of hydrogen-bond donors (Lipinski definition) is 1. The van der Waals surface area contributed by atoms with Crippen LogP contribution in [0.25, 0.3) is 0 Å². The Morgan fingerprint density at radius 3 is 2.72 bits per heavy atom. The van der Waals surface area contributed by atoms with E-state index in [0.29, 0.717) is 17.7 Å². The second kappa shape index (κ2) is 10.7. The normalized spacial score (nSPS) is 20.1. The number of carbonyl (C=O) groups excluding carboxylic acids is 1. The van der Waals surface area contributed by atoms with Crippen molar-refractivity contribution in [3.8, 4) is 0 Å².